The van der Waals surface area contributed by atoms with E-state index in [1.807, 2.05) is 63.2 Å². The molecular weight excluding hydrogens is 354 g/mol. The molecule has 0 aliphatic rings. The van der Waals surface area contributed by atoms with Crippen molar-refractivity contribution >= 4 is 11.6 Å². The molecule has 3 aromatic rings. The number of amides is 1. The Bertz CT molecular complexity index is 1060. The molecule has 0 saturated heterocycles. The van der Waals surface area contributed by atoms with Gasteiger partial charge in [0.25, 0.3) is 11.5 Å². The minimum atomic E-state index is -0.778. The average molecular weight is 377 g/mol. The van der Waals surface area contributed by atoms with Crippen LogP contribution in [0.1, 0.15) is 23.6 Å². The maximum absolute atomic E-state index is 12.4. The van der Waals surface area contributed by atoms with E-state index in [9.17, 15) is 9.59 Å². The second kappa shape index (κ2) is 8.08. The third-order valence-corrected chi connectivity index (χ3v) is 4.50. The number of carbonyl (C=O) groups is 1. The molecule has 0 saturated carbocycles. The van der Waals surface area contributed by atoms with Crippen LogP contribution < -0.4 is 15.6 Å². The molecule has 0 aliphatic carbocycles. The topological polar surface area (TPSA) is 73.2 Å². The second-order valence-electron chi connectivity index (χ2n) is 6.81. The lowest BCUT2D eigenvalue weighted by Gasteiger charge is -2.15. The van der Waals surface area contributed by atoms with E-state index in [0.717, 1.165) is 16.7 Å². The van der Waals surface area contributed by atoms with E-state index in [4.69, 9.17) is 4.74 Å². The summed E-state index contributed by atoms with van der Waals surface area (Å²) in [4.78, 5) is 24.6. The number of aryl methyl sites for hydroxylation is 3. The molecule has 0 spiro atoms. The Morgan fingerprint density at radius 2 is 1.71 bits per heavy atom. The molecule has 0 radical (unpaired) electrons. The summed E-state index contributed by atoms with van der Waals surface area (Å²) in [6.07, 6.45) is -0.778. The van der Waals surface area contributed by atoms with Crippen LogP contribution in [-0.4, -0.2) is 21.8 Å². The predicted octanol–water partition coefficient (Wildman–Crippen LogP) is 3.56. The molecule has 1 atom stereocenters. The van der Waals surface area contributed by atoms with Gasteiger partial charge < -0.3 is 10.1 Å². The first-order chi connectivity index (χ1) is 13.3. The number of ether oxygens (including phenoxy) is 1. The van der Waals surface area contributed by atoms with Crippen LogP contribution in [0.4, 0.5) is 5.69 Å². The third kappa shape index (κ3) is 4.46. The summed E-state index contributed by atoms with van der Waals surface area (Å²) in [5.74, 6) is -0.0982. The molecule has 0 fully saturated rings. The van der Waals surface area contributed by atoms with Gasteiger partial charge in [0, 0.05) is 17.8 Å². The zero-order valence-corrected chi connectivity index (χ0v) is 16.4. The van der Waals surface area contributed by atoms with E-state index >= 15 is 0 Å². The van der Waals surface area contributed by atoms with E-state index in [1.54, 1.807) is 6.92 Å². The third-order valence-electron chi connectivity index (χ3n) is 4.50. The first-order valence-electron chi connectivity index (χ1n) is 9.06. The van der Waals surface area contributed by atoms with Crippen LogP contribution in [0, 0.1) is 20.8 Å². The van der Waals surface area contributed by atoms with Gasteiger partial charge in [-0.3, -0.25) is 9.59 Å². The van der Waals surface area contributed by atoms with Crippen LogP contribution in [0.5, 0.6) is 5.88 Å². The number of hydrogen-bond acceptors (Lipinski definition) is 4. The summed E-state index contributed by atoms with van der Waals surface area (Å²) in [5, 5.41) is 7.06. The highest BCUT2D eigenvalue weighted by Crippen LogP contribution is 2.14. The van der Waals surface area contributed by atoms with Crippen LogP contribution in [0.15, 0.2) is 59.4 Å². The molecule has 28 heavy (non-hydrogen) atoms. The highest BCUT2D eigenvalue weighted by Gasteiger charge is 2.16. The van der Waals surface area contributed by atoms with E-state index < -0.39 is 6.10 Å². The smallest absolute Gasteiger partial charge is 0.271 e. The van der Waals surface area contributed by atoms with Gasteiger partial charge in [-0.25, -0.2) is 0 Å². The van der Waals surface area contributed by atoms with Gasteiger partial charge in [0.15, 0.2) is 6.10 Å². The van der Waals surface area contributed by atoms with Gasteiger partial charge in [-0.05, 0) is 63.1 Å². The summed E-state index contributed by atoms with van der Waals surface area (Å²) in [7, 11) is 0. The van der Waals surface area contributed by atoms with Crippen molar-refractivity contribution in [1.29, 1.82) is 0 Å². The number of rotatable bonds is 5. The lowest BCUT2D eigenvalue weighted by molar-refractivity contribution is -0.122. The Morgan fingerprint density at radius 1 is 1.00 bits per heavy atom. The molecule has 1 amide bonds. The summed E-state index contributed by atoms with van der Waals surface area (Å²) in [6, 6.07) is 16.0. The maximum atomic E-state index is 12.4. The fraction of sp³-hybridized carbons (Fsp3) is 0.227. The summed E-state index contributed by atoms with van der Waals surface area (Å²) < 4.78 is 6.93. The number of anilines is 1. The number of nitrogens with one attached hydrogen (secondary N) is 1. The largest absolute Gasteiger partial charge is 0.463 e. The average Bonchev–Trinajstić information content (AvgIpc) is 2.67. The van der Waals surface area contributed by atoms with Crippen molar-refractivity contribution in [2.24, 2.45) is 0 Å². The molecule has 1 N–H and O–H groups in total. The normalized spacial score (nSPS) is 11.7. The summed E-state index contributed by atoms with van der Waals surface area (Å²) >= 11 is 0. The van der Waals surface area contributed by atoms with Gasteiger partial charge in [0.2, 0.25) is 5.88 Å². The fourth-order valence-corrected chi connectivity index (χ4v) is 2.61. The predicted molar refractivity (Wildman–Crippen MR) is 109 cm³/mol. The van der Waals surface area contributed by atoms with Gasteiger partial charge >= 0.3 is 0 Å². The number of hydrogen-bond donors (Lipinski definition) is 1. The quantitative estimate of drug-likeness (QED) is 0.738. The zero-order valence-electron chi connectivity index (χ0n) is 16.4. The van der Waals surface area contributed by atoms with Crippen LogP contribution >= 0.6 is 0 Å². The fourth-order valence-electron chi connectivity index (χ4n) is 2.61. The zero-order chi connectivity index (χ0) is 20.3. The SMILES string of the molecule is Cc1ccc(NC(=O)[C@@H](C)Oc2ccc(=O)n(-c3ccc(C)c(C)c3)n2)cc1. The molecule has 0 aliphatic heterocycles. The standard InChI is InChI=1S/C22H23N3O3/c1-14-5-8-18(9-6-14)23-22(27)17(4)28-20-11-12-21(26)25(24-20)19-10-7-15(2)16(3)13-19/h5-13,17H,1-4H3,(H,23,27)/t17-/m1/s1. The van der Waals surface area contributed by atoms with Crippen LogP contribution in [0.2, 0.25) is 0 Å². The van der Waals surface area contributed by atoms with E-state index in [1.165, 1.54) is 16.8 Å². The van der Waals surface area contributed by atoms with Gasteiger partial charge in [0.05, 0.1) is 5.69 Å². The molecule has 6 heteroatoms. The molecule has 0 unspecified atom stereocenters. The van der Waals surface area contributed by atoms with Gasteiger partial charge in [0.1, 0.15) is 0 Å². The highest BCUT2D eigenvalue weighted by atomic mass is 16.5. The van der Waals surface area contributed by atoms with E-state index in [2.05, 4.69) is 10.4 Å². The first-order valence-corrected chi connectivity index (χ1v) is 9.06. The number of benzene rings is 2. The van der Waals surface area contributed by atoms with Crippen LogP contribution in [0.25, 0.3) is 5.69 Å². The van der Waals surface area contributed by atoms with Crippen molar-refractivity contribution in [1.82, 2.24) is 9.78 Å². The maximum Gasteiger partial charge on any atom is 0.271 e. The van der Waals surface area contributed by atoms with E-state index in [0.29, 0.717) is 11.4 Å². The Balaban J connectivity index is 1.76. The molecule has 6 nitrogen and oxygen atoms in total. The van der Waals surface area contributed by atoms with Crippen molar-refractivity contribution in [3.63, 3.8) is 0 Å². The van der Waals surface area contributed by atoms with Crippen molar-refractivity contribution in [2.45, 2.75) is 33.8 Å². The van der Waals surface area contributed by atoms with E-state index in [-0.39, 0.29) is 17.3 Å². The molecule has 1 aromatic heterocycles. The highest BCUT2D eigenvalue weighted by molar-refractivity contribution is 5.94. The van der Waals surface area contributed by atoms with Crippen LogP contribution in [0.3, 0.4) is 0 Å². The molecule has 2 aromatic carbocycles. The van der Waals surface area contributed by atoms with Crippen molar-refractivity contribution < 1.29 is 9.53 Å². The lowest BCUT2D eigenvalue weighted by Crippen LogP contribution is -2.31. The molecule has 0 bridgehead atoms. The van der Waals surface area contributed by atoms with Gasteiger partial charge in [-0.15, -0.1) is 5.10 Å². The lowest BCUT2D eigenvalue weighted by atomic mass is 10.1. The number of carbonyl (C=O) groups excluding carboxylic acids is 1. The number of aromatic nitrogens is 2. The first kappa shape index (κ1) is 19.4. The Hall–Kier alpha value is -3.41. The molecular formula is C22H23N3O3. The van der Waals surface area contributed by atoms with Gasteiger partial charge in [-0.1, -0.05) is 23.8 Å². The van der Waals surface area contributed by atoms with Crippen molar-refractivity contribution in [2.75, 3.05) is 5.32 Å². The minimum absolute atomic E-state index is 0.199. The Morgan fingerprint density at radius 3 is 2.39 bits per heavy atom. The molecule has 144 valence electrons. The molecule has 1 heterocycles. The van der Waals surface area contributed by atoms with Crippen molar-refractivity contribution in [3.05, 3.63) is 81.6 Å². The summed E-state index contributed by atoms with van der Waals surface area (Å²) in [5.41, 5.74) is 4.37. The number of nitrogens with zero attached hydrogens (tertiary/aromatic N) is 2. The minimum Gasteiger partial charge on any atom is -0.463 e. The molecule has 3 rings (SSSR count). The Labute approximate surface area is 163 Å². The van der Waals surface area contributed by atoms with Crippen LogP contribution in [-0.2, 0) is 4.79 Å². The van der Waals surface area contributed by atoms with Gasteiger partial charge in [-0.2, -0.15) is 4.68 Å². The van der Waals surface area contributed by atoms with Crippen molar-refractivity contribution in [3.8, 4) is 11.6 Å². The summed E-state index contributed by atoms with van der Waals surface area (Å²) in [6.45, 7) is 7.59. The Kier molecular flexibility index (Phi) is 5.59. The monoisotopic (exact) mass is 377 g/mol. The second-order valence-corrected chi connectivity index (χ2v) is 6.81.